The van der Waals surface area contributed by atoms with Gasteiger partial charge in [-0.2, -0.15) is 0 Å². The molecule has 1 atom stereocenters. The molecule has 0 bridgehead atoms. The number of nitrogens with zero attached hydrogens (tertiary/aromatic N) is 1. The van der Waals surface area contributed by atoms with Crippen LogP contribution in [-0.4, -0.2) is 18.2 Å². The lowest BCUT2D eigenvalue weighted by Crippen LogP contribution is -2.18. The van der Waals surface area contributed by atoms with Gasteiger partial charge in [-0.05, 0) is 43.2 Å². The molecule has 0 radical (unpaired) electrons. The second-order valence-electron chi connectivity index (χ2n) is 5.77. The van der Waals surface area contributed by atoms with E-state index in [4.69, 9.17) is 0 Å². The van der Waals surface area contributed by atoms with E-state index in [-0.39, 0.29) is 11.8 Å². The Balaban J connectivity index is 1.71. The molecule has 1 aromatic rings. The summed E-state index contributed by atoms with van der Waals surface area (Å²) in [7, 11) is 0. The molecule has 19 heavy (non-hydrogen) atoms. The zero-order valence-corrected chi connectivity index (χ0v) is 11.3. The van der Waals surface area contributed by atoms with Crippen LogP contribution in [0.3, 0.4) is 0 Å². The number of nitrogens with one attached hydrogen (secondary N) is 1. The summed E-state index contributed by atoms with van der Waals surface area (Å²) in [6, 6.07) is 8.29. The van der Waals surface area contributed by atoms with Crippen LogP contribution in [0, 0.1) is 5.92 Å². The molecule has 1 unspecified atom stereocenters. The molecule has 0 saturated heterocycles. The number of amides is 1. The first-order valence-electron chi connectivity index (χ1n) is 7.17. The van der Waals surface area contributed by atoms with Gasteiger partial charge < -0.3 is 5.32 Å². The minimum Gasteiger partial charge on any atom is -0.325 e. The van der Waals surface area contributed by atoms with Crippen molar-refractivity contribution in [1.29, 1.82) is 0 Å². The number of carbonyl (C=O) groups excluding carboxylic acids is 1. The minimum atomic E-state index is -0.199. The number of para-hydroxylation sites is 1. The van der Waals surface area contributed by atoms with Crippen molar-refractivity contribution in [1.82, 2.24) is 0 Å². The maximum atomic E-state index is 12.0. The van der Waals surface area contributed by atoms with Crippen molar-refractivity contribution in [3.8, 4) is 0 Å². The molecule has 2 aliphatic rings. The van der Waals surface area contributed by atoms with E-state index in [1.807, 2.05) is 30.5 Å². The van der Waals surface area contributed by atoms with E-state index in [9.17, 15) is 4.79 Å². The molecule has 1 aromatic carbocycles. The molecule has 1 amide bonds. The van der Waals surface area contributed by atoms with Crippen LogP contribution in [0.25, 0.3) is 0 Å². The van der Waals surface area contributed by atoms with E-state index in [0.29, 0.717) is 6.04 Å². The van der Waals surface area contributed by atoms with Crippen LogP contribution in [0.2, 0.25) is 0 Å². The third-order valence-electron chi connectivity index (χ3n) is 4.27. The Bertz CT molecular complexity index is 501. The van der Waals surface area contributed by atoms with Gasteiger partial charge >= 0.3 is 0 Å². The highest BCUT2D eigenvalue weighted by molar-refractivity contribution is 6.12. The SMILES string of the molecule is CC1CCC(N=CC2C(=O)Nc3ccccc32)CC1. The van der Waals surface area contributed by atoms with E-state index in [1.165, 1.54) is 12.8 Å². The standard InChI is InChI=1S/C16H20N2O/c1-11-6-8-12(9-7-11)17-10-14-13-4-2-3-5-15(13)18-16(14)19/h2-5,10-12,14H,6-9H2,1H3,(H,18,19). The summed E-state index contributed by atoms with van der Waals surface area (Å²) in [5.41, 5.74) is 1.99. The van der Waals surface area contributed by atoms with E-state index in [1.54, 1.807) is 0 Å². The van der Waals surface area contributed by atoms with E-state index in [2.05, 4.69) is 17.2 Å². The number of carbonyl (C=O) groups is 1. The first-order valence-corrected chi connectivity index (χ1v) is 7.17. The number of rotatable bonds is 2. The van der Waals surface area contributed by atoms with Crippen LogP contribution < -0.4 is 5.32 Å². The molecule has 1 aliphatic heterocycles. The second-order valence-corrected chi connectivity index (χ2v) is 5.77. The summed E-state index contributed by atoms with van der Waals surface area (Å²) in [4.78, 5) is 16.6. The lowest BCUT2D eigenvalue weighted by atomic mass is 9.87. The average Bonchev–Trinajstić information content (AvgIpc) is 2.74. The Kier molecular flexibility index (Phi) is 3.36. The lowest BCUT2D eigenvalue weighted by molar-refractivity contribution is -0.115. The van der Waals surface area contributed by atoms with Crippen molar-refractivity contribution in [3.63, 3.8) is 0 Å². The second kappa shape index (κ2) is 5.16. The predicted molar refractivity (Wildman–Crippen MR) is 77.7 cm³/mol. The quantitative estimate of drug-likeness (QED) is 0.810. The minimum absolute atomic E-state index is 0.0501. The highest BCUT2D eigenvalue weighted by atomic mass is 16.2. The maximum Gasteiger partial charge on any atom is 0.237 e. The number of hydrogen-bond acceptors (Lipinski definition) is 2. The van der Waals surface area contributed by atoms with Crippen molar-refractivity contribution < 1.29 is 4.79 Å². The summed E-state index contributed by atoms with van der Waals surface area (Å²) in [5, 5.41) is 2.91. The first kappa shape index (κ1) is 12.4. The first-order chi connectivity index (χ1) is 9.24. The Hall–Kier alpha value is -1.64. The zero-order chi connectivity index (χ0) is 13.2. The van der Waals surface area contributed by atoms with Gasteiger partial charge in [0.15, 0.2) is 0 Å². The van der Waals surface area contributed by atoms with Crippen LogP contribution in [0.5, 0.6) is 0 Å². The zero-order valence-electron chi connectivity index (χ0n) is 11.3. The monoisotopic (exact) mass is 256 g/mol. The molecule has 1 fully saturated rings. The summed E-state index contributed by atoms with van der Waals surface area (Å²) >= 11 is 0. The van der Waals surface area contributed by atoms with Gasteiger partial charge in [0, 0.05) is 17.9 Å². The fourth-order valence-electron chi connectivity index (χ4n) is 2.98. The smallest absolute Gasteiger partial charge is 0.237 e. The molecule has 3 rings (SSSR count). The number of benzene rings is 1. The van der Waals surface area contributed by atoms with E-state index < -0.39 is 0 Å². The number of anilines is 1. The lowest BCUT2D eigenvalue weighted by Gasteiger charge is -2.23. The normalized spacial score (nSPS) is 30.4. The predicted octanol–water partition coefficient (Wildman–Crippen LogP) is 3.37. The molecule has 3 heteroatoms. The Labute approximate surface area is 114 Å². The van der Waals surface area contributed by atoms with Gasteiger partial charge in [-0.25, -0.2) is 0 Å². The van der Waals surface area contributed by atoms with Gasteiger partial charge in [0.1, 0.15) is 5.92 Å². The van der Waals surface area contributed by atoms with Crippen molar-refractivity contribution in [2.45, 2.75) is 44.6 Å². The Morgan fingerprint density at radius 3 is 2.74 bits per heavy atom. The van der Waals surface area contributed by atoms with Crippen LogP contribution >= 0.6 is 0 Å². The molecule has 1 saturated carbocycles. The Morgan fingerprint density at radius 2 is 1.95 bits per heavy atom. The van der Waals surface area contributed by atoms with Gasteiger partial charge in [-0.1, -0.05) is 25.1 Å². The molecule has 0 spiro atoms. The fraction of sp³-hybridized carbons (Fsp3) is 0.500. The summed E-state index contributed by atoms with van der Waals surface area (Å²) in [5.74, 6) is 0.687. The average molecular weight is 256 g/mol. The van der Waals surface area contributed by atoms with Gasteiger partial charge in [0.05, 0.1) is 0 Å². The fourth-order valence-corrected chi connectivity index (χ4v) is 2.98. The van der Waals surface area contributed by atoms with E-state index >= 15 is 0 Å². The highest BCUT2D eigenvalue weighted by Crippen LogP contribution is 2.31. The number of hydrogen-bond donors (Lipinski definition) is 1. The number of fused-ring (bicyclic) bond motifs is 1. The summed E-state index contributed by atoms with van der Waals surface area (Å²) in [6.07, 6.45) is 6.70. The highest BCUT2D eigenvalue weighted by Gasteiger charge is 2.29. The maximum absolute atomic E-state index is 12.0. The van der Waals surface area contributed by atoms with Gasteiger partial charge in [0.2, 0.25) is 5.91 Å². The van der Waals surface area contributed by atoms with Gasteiger partial charge in [-0.3, -0.25) is 9.79 Å². The topological polar surface area (TPSA) is 41.5 Å². The van der Waals surface area contributed by atoms with E-state index in [0.717, 1.165) is 30.0 Å². The molecule has 3 nitrogen and oxygen atoms in total. The van der Waals surface area contributed by atoms with Gasteiger partial charge in [-0.15, -0.1) is 0 Å². The molecule has 1 heterocycles. The van der Waals surface area contributed by atoms with Crippen molar-refractivity contribution in [2.24, 2.45) is 10.9 Å². The molecule has 1 aliphatic carbocycles. The number of aliphatic imine (C=N–C) groups is 1. The molecular weight excluding hydrogens is 236 g/mol. The van der Waals surface area contributed by atoms with Crippen molar-refractivity contribution >= 4 is 17.8 Å². The Morgan fingerprint density at radius 1 is 1.21 bits per heavy atom. The molecule has 0 aromatic heterocycles. The molecular formula is C16H20N2O. The summed E-state index contributed by atoms with van der Waals surface area (Å²) in [6.45, 7) is 2.31. The van der Waals surface area contributed by atoms with Crippen molar-refractivity contribution in [3.05, 3.63) is 29.8 Å². The van der Waals surface area contributed by atoms with Crippen LogP contribution in [-0.2, 0) is 4.79 Å². The van der Waals surface area contributed by atoms with Crippen molar-refractivity contribution in [2.75, 3.05) is 5.32 Å². The summed E-state index contributed by atoms with van der Waals surface area (Å²) < 4.78 is 0. The van der Waals surface area contributed by atoms with Crippen LogP contribution in [0.15, 0.2) is 29.3 Å². The molecule has 100 valence electrons. The van der Waals surface area contributed by atoms with Crippen LogP contribution in [0.4, 0.5) is 5.69 Å². The largest absolute Gasteiger partial charge is 0.325 e. The third-order valence-corrected chi connectivity index (χ3v) is 4.27. The van der Waals surface area contributed by atoms with Gasteiger partial charge in [0.25, 0.3) is 0 Å². The molecule has 1 N–H and O–H groups in total. The van der Waals surface area contributed by atoms with Crippen LogP contribution in [0.1, 0.15) is 44.1 Å². The third kappa shape index (κ3) is 2.55.